The molecule has 0 bridgehead atoms. The monoisotopic (exact) mass is 492 g/mol. The molecule has 8 heteroatoms. The number of piperidine rings is 1. The number of carbonyl (C=O) groups is 3. The maximum atomic E-state index is 13.2. The van der Waals surface area contributed by atoms with Crippen LogP contribution in [0, 0.1) is 11.3 Å². The second-order valence-electron chi connectivity index (χ2n) is 10.5. The zero-order chi connectivity index (χ0) is 24.0. The van der Waals surface area contributed by atoms with E-state index in [1.54, 1.807) is 11.3 Å². The molecule has 0 unspecified atom stereocenters. The molecular weight excluding hydrogens is 460 g/mol. The Labute approximate surface area is 210 Å². The first kappa shape index (κ1) is 22.7. The summed E-state index contributed by atoms with van der Waals surface area (Å²) in [6, 6.07) is 11.5. The Kier molecular flexibility index (Phi) is 5.89. The molecule has 0 radical (unpaired) electrons. The van der Waals surface area contributed by atoms with Gasteiger partial charge in [-0.3, -0.25) is 19.3 Å². The van der Waals surface area contributed by atoms with Gasteiger partial charge < -0.3 is 15.1 Å². The molecule has 1 N–H and O–H groups in total. The van der Waals surface area contributed by atoms with E-state index in [4.69, 9.17) is 0 Å². The molecule has 2 saturated heterocycles. The number of thiophene rings is 1. The molecular formula is C27H32N4O3S. The van der Waals surface area contributed by atoms with Crippen molar-refractivity contribution in [2.45, 2.75) is 38.3 Å². The SMILES string of the molecule is O=C1N[C@H](CC(=O)N2CCC3(CC2)C[C@H]3C(=O)N2CCN(Cc3cccs3)CC2)c2ccccc21. The normalized spacial score (nSPS) is 25.4. The third kappa shape index (κ3) is 4.38. The quantitative estimate of drug-likeness (QED) is 0.697. The van der Waals surface area contributed by atoms with Crippen LogP contribution in [0.3, 0.4) is 0 Å². The minimum Gasteiger partial charge on any atom is -0.345 e. The van der Waals surface area contributed by atoms with E-state index in [0.717, 1.165) is 57.5 Å². The summed E-state index contributed by atoms with van der Waals surface area (Å²) in [5.74, 6) is 0.449. The van der Waals surface area contributed by atoms with Crippen LogP contribution in [-0.4, -0.2) is 71.7 Å². The van der Waals surface area contributed by atoms with E-state index in [1.165, 1.54) is 4.88 Å². The first-order valence-electron chi connectivity index (χ1n) is 12.7. The van der Waals surface area contributed by atoms with Crippen LogP contribution in [0.15, 0.2) is 41.8 Å². The van der Waals surface area contributed by atoms with Crippen LogP contribution in [0.1, 0.15) is 52.5 Å². The second kappa shape index (κ2) is 9.06. The Morgan fingerprint density at radius 3 is 2.49 bits per heavy atom. The van der Waals surface area contributed by atoms with Gasteiger partial charge in [-0.2, -0.15) is 0 Å². The van der Waals surface area contributed by atoms with Gasteiger partial charge in [0.25, 0.3) is 5.91 Å². The highest BCUT2D eigenvalue weighted by Crippen LogP contribution is 2.60. The number of hydrogen-bond acceptors (Lipinski definition) is 5. The molecule has 1 aromatic heterocycles. The molecule has 2 atom stereocenters. The van der Waals surface area contributed by atoms with E-state index in [9.17, 15) is 14.4 Å². The van der Waals surface area contributed by atoms with Crippen molar-refractivity contribution in [2.24, 2.45) is 11.3 Å². The smallest absolute Gasteiger partial charge is 0.252 e. The van der Waals surface area contributed by atoms with Crippen LogP contribution in [-0.2, 0) is 16.1 Å². The van der Waals surface area contributed by atoms with Gasteiger partial charge in [0.05, 0.1) is 12.5 Å². The number of likely N-dealkylation sites (tertiary alicyclic amines) is 1. The fourth-order valence-corrected chi connectivity index (χ4v) is 6.95. The molecule has 3 aliphatic heterocycles. The van der Waals surface area contributed by atoms with Gasteiger partial charge in [0.15, 0.2) is 0 Å². The lowest BCUT2D eigenvalue weighted by molar-refractivity contribution is -0.136. The van der Waals surface area contributed by atoms with Crippen molar-refractivity contribution in [1.82, 2.24) is 20.0 Å². The first-order chi connectivity index (χ1) is 17.0. The number of amides is 3. The highest BCUT2D eigenvalue weighted by atomic mass is 32.1. The summed E-state index contributed by atoms with van der Waals surface area (Å²) in [4.78, 5) is 46.2. The largest absolute Gasteiger partial charge is 0.345 e. The Hall–Kier alpha value is -2.71. The summed E-state index contributed by atoms with van der Waals surface area (Å²) in [5.41, 5.74) is 1.69. The van der Waals surface area contributed by atoms with Crippen molar-refractivity contribution in [3.63, 3.8) is 0 Å². The van der Waals surface area contributed by atoms with Gasteiger partial charge in [0.1, 0.15) is 0 Å². The maximum absolute atomic E-state index is 13.2. The summed E-state index contributed by atoms with van der Waals surface area (Å²) >= 11 is 1.79. The molecule has 3 amide bonds. The molecule has 1 aliphatic carbocycles. The van der Waals surface area contributed by atoms with Gasteiger partial charge in [-0.05, 0) is 47.8 Å². The Balaban J connectivity index is 0.975. The summed E-state index contributed by atoms with van der Waals surface area (Å²) in [7, 11) is 0. The van der Waals surface area contributed by atoms with Crippen molar-refractivity contribution < 1.29 is 14.4 Å². The van der Waals surface area contributed by atoms with Crippen LogP contribution in [0.2, 0.25) is 0 Å². The minimum absolute atomic E-state index is 0.0900. The maximum Gasteiger partial charge on any atom is 0.252 e. The third-order valence-electron chi connectivity index (χ3n) is 8.51. The summed E-state index contributed by atoms with van der Waals surface area (Å²) < 4.78 is 0. The van der Waals surface area contributed by atoms with Gasteiger partial charge in [-0.15, -0.1) is 11.3 Å². The second-order valence-corrected chi connectivity index (χ2v) is 11.5. The van der Waals surface area contributed by atoms with Crippen LogP contribution >= 0.6 is 11.3 Å². The first-order valence-corrected chi connectivity index (χ1v) is 13.6. The summed E-state index contributed by atoms with van der Waals surface area (Å²) in [6.07, 6.45) is 3.07. The molecule has 1 spiro atoms. The van der Waals surface area contributed by atoms with Crippen molar-refractivity contribution in [3.8, 4) is 0 Å². The van der Waals surface area contributed by atoms with Gasteiger partial charge in [-0.1, -0.05) is 24.3 Å². The topological polar surface area (TPSA) is 73.0 Å². The Morgan fingerprint density at radius 2 is 1.74 bits per heavy atom. The summed E-state index contributed by atoms with van der Waals surface area (Å²) in [6.45, 7) is 5.90. The van der Waals surface area contributed by atoms with E-state index >= 15 is 0 Å². The molecule has 2 aromatic rings. The van der Waals surface area contributed by atoms with Crippen molar-refractivity contribution in [3.05, 3.63) is 57.8 Å². The van der Waals surface area contributed by atoms with Gasteiger partial charge in [-0.25, -0.2) is 0 Å². The highest BCUT2D eigenvalue weighted by Gasteiger charge is 2.59. The van der Waals surface area contributed by atoms with Gasteiger partial charge in [0.2, 0.25) is 11.8 Å². The Bertz CT molecular complexity index is 1120. The number of fused-ring (bicyclic) bond motifs is 1. The number of rotatable bonds is 5. The average molecular weight is 493 g/mol. The summed E-state index contributed by atoms with van der Waals surface area (Å²) in [5, 5.41) is 5.07. The molecule has 7 nitrogen and oxygen atoms in total. The fraction of sp³-hybridized carbons (Fsp3) is 0.519. The molecule has 4 heterocycles. The fourth-order valence-electron chi connectivity index (χ4n) is 6.21. The molecule has 6 rings (SSSR count). The lowest BCUT2D eigenvalue weighted by Crippen LogP contribution is -2.49. The van der Waals surface area contributed by atoms with Crippen LogP contribution < -0.4 is 5.32 Å². The third-order valence-corrected chi connectivity index (χ3v) is 9.37. The lowest BCUT2D eigenvalue weighted by atomic mass is 9.90. The molecule has 1 aromatic carbocycles. The highest BCUT2D eigenvalue weighted by molar-refractivity contribution is 7.09. The zero-order valence-electron chi connectivity index (χ0n) is 19.9. The predicted octanol–water partition coefficient (Wildman–Crippen LogP) is 2.90. The average Bonchev–Trinajstić information content (AvgIpc) is 3.17. The molecule has 1 saturated carbocycles. The minimum atomic E-state index is -0.240. The van der Waals surface area contributed by atoms with Crippen molar-refractivity contribution in [1.29, 1.82) is 0 Å². The molecule has 3 fully saturated rings. The lowest BCUT2D eigenvalue weighted by Gasteiger charge is -2.36. The van der Waals surface area contributed by atoms with Crippen molar-refractivity contribution >= 4 is 29.1 Å². The van der Waals surface area contributed by atoms with Gasteiger partial charge >= 0.3 is 0 Å². The van der Waals surface area contributed by atoms with Gasteiger partial charge in [0, 0.05) is 62.2 Å². The number of nitrogens with one attached hydrogen (secondary N) is 1. The van der Waals surface area contributed by atoms with E-state index in [-0.39, 0.29) is 29.2 Å². The number of piperazine rings is 1. The predicted molar refractivity (Wildman–Crippen MR) is 134 cm³/mol. The van der Waals surface area contributed by atoms with Crippen LogP contribution in [0.4, 0.5) is 0 Å². The molecule has 35 heavy (non-hydrogen) atoms. The van der Waals surface area contributed by atoms with Crippen molar-refractivity contribution in [2.75, 3.05) is 39.3 Å². The van der Waals surface area contributed by atoms with Crippen LogP contribution in [0.25, 0.3) is 0 Å². The number of carbonyl (C=O) groups excluding carboxylic acids is 3. The van der Waals surface area contributed by atoms with Crippen LogP contribution in [0.5, 0.6) is 0 Å². The van der Waals surface area contributed by atoms with E-state index in [2.05, 4.69) is 32.6 Å². The molecule has 4 aliphatic rings. The Morgan fingerprint density at radius 1 is 0.971 bits per heavy atom. The number of benzene rings is 1. The number of nitrogens with zero attached hydrogens (tertiary/aromatic N) is 3. The standard InChI is InChI=1S/C27H32N4O3S/c32-24(16-23-20-5-1-2-6-21(20)25(33)28-23)30-9-7-27(8-10-30)17-22(27)26(34)31-13-11-29(12-14-31)18-19-4-3-15-35-19/h1-6,15,22-23H,7-14,16-18H2,(H,28,33)/t22-,23+/m0/s1. The van der Waals surface area contributed by atoms with E-state index in [1.807, 2.05) is 29.2 Å². The number of hydrogen-bond donors (Lipinski definition) is 1. The van der Waals surface area contributed by atoms with E-state index in [0.29, 0.717) is 31.0 Å². The zero-order valence-corrected chi connectivity index (χ0v) is 20.8. The molecule has 184 valence electrons. The van der Waals surface area contributed by atoms with E-state index < -0.39 is 0 Å².